The van der Waals surface area contributed by atoms with Gasteiger partial charge in [-0.2, -0.15) is 5.10 Å². The van der Waals surface area contributed by atoms with Crippen LogP contribution in [0.15, 0.2) is 48.8 Å². The minimum Gasteiger partial charge on any atom is -0.476 e. The molecule has 162 valence electrons. The van der Waals surface area contributed by atoms with Crippen molar-refractivity contribution in [1.29, 1.82) is 0 Å². The molecule has 3 aromatic rings. The van der Waals surface area contributed by atoms with Crippen LogP contribution in [0.5, 0.6) is 5.88 Å². The van der Waals surface area contributed by atoms with Crippen molar-refractivity contribution >= 4 is 23.2 Å². The Bertz CT molecular complexity index is 1030. The van der Waals surface area contributed by atoms with Gasteiger partial charge < -0.3 is 10.1 Å². The van der Waals surface area contributed by atoms with Crippen molar-refractivity contribution in [2.75, 3.05) is 31.6 Å². The van der Waals surface area contributed by atoms with Gasteiger partial charge in [-0.15, -0.1) is 0 Å². The molecule has 1 aliphatic heterocycles. The van der Waals surface area contributed by atoms with Crippen molar-refractivity contribution in [1.82, 2.24) is 19.7 Å². The fourth-order valence-electron chi connectivity index (χ4n) is 3.73. The van der Waals surface area contributed by atoms with E-state index in [0.717, 1.165) is 36.5 Å². The number of aromatic nitrogens is 3. The molecule has 1 fully saturated rings. The summed E-state index contributed by atoms with van der Waals surface area (Å²) in [7, 11) is 1.87. The fourth-order valence-corrected chi connectivity index (χ4v) is 3.85. The van der Waals surface area contributed by atoms with E-state index in [4.69, 9.17) is 16.3 Å². The highest BCUT2D eigenvalue weighted by Crippen LogP contribution is 2.30. The predicted molar refractivity (Wildman–Crippen MR) is 121 cm³/mol. The SMILES string of the molecule is Cn1nccc1-c1cc(NC(=O)Cc2ccc(Cl)cc2)cnc1OCCN1CCCC1. The number of ether oxygens (including phenoxy) is 1. The van der Waals surface area contributed by atoms with Crippen molar-refractivity contribution in [3.63, 3.8) is 0 Å². The Balaban J connectivity index is 1.47. The van der Waals surface area contributed by atoms with Crippen LogP contribution in [0.25, 0.3) is 11.3 Å². The third-order valence-corrected chi connectivity index (χ3v) is 5.61. The van der Waals surface area contributed by atoms with E-state index < -0.39 is 0 Å². The smallest absolute Gasteiger partial charge is 0.228 e. The van der Waals surface area contributed by atoms with E-state index in [1.807, 2.05) is 31.3 Å². The van der Waals surface area contributed by atoms with Gasteiger partial charge in [-0.3, -0.25) is 14.4 Å². The van der Waals surface area contributed by atoms with Gasteiger partial charge >= 0.3 is 0 Å². The Labute approximate surface area is 187 Å². The molecule has 0 unspecified atom stereocenters. The van der Waals surface area contributed by atoms with Crippen LogP contribution in [0.1, 0.15) is 18.4 Å². The highest BCUT2D eigenvalue weighted by molar-refractivity contribution is 6.30. The lowest BCUT2D eigenvalue weighted by molar-refractivity contribution is -0.115. The molecule has 0 atom stereocenters. The number of hydrogen-bond acceptors (Lipinski definition) is 5. The third-order valence-electron chi connectivity index (χ3n) is 5.35. The second-order valence-corrected chi connectivity index (χ2v) is 8.10. The first-order valence-corrected chi connectivity index (χ1v) is 10.8. The lowest BCUT2D eigenvalue weighted by Crippen LogP contribution is -2.25. The fraction of sp³-hybridized carbons (Fsp3) is 0.348. The molecule has 31 heavy (non-hydrogen) atoms. The average Bonchev–Trinajstić information content (AvgIpc) is 3.42. The summed E-state index contributed by atoms with van der Waals surface area (Å²) >= 11 is 5.91. The normalized spacial score (nSPS) is 14.0. The summed E-state index contributed by atoms with van der Waals surface area (Å²) in [6.07, 6.45) is 6.12. The Kier molecular flexibility index (Phi) is 6.84. The predicted octanol–water partition coefficient (Wildman–Crippen LogP) is 3.79. The Morgan fingerprint density at radius 1 is 1.19 bits per heavy atom. The van der Waals surface area contributed by atoms with Gasteiger partial charge in [0.2, 0.25) is 11.8 Å². The second-order valence-electron chi connectivity index (χ2n) is 7.67. The topological polar surface area (TPSA) is 72.3 Å². The minimum absolute atomic E-state index is 0.122. The van der Waals surface area contributed by atoms with Crippen LogP contribution in [0, 0.1) is 0 Å². The van der Waals surface area contributed by atoms with E-state index in [9.17, 15) is 4.79 Å². The van der Waals surface area contributed by atoms with Gasteiger partial charge in [0.25, 0.3) is 0 Å². The van der Waals surface area contributed by atoms with Gasteiger partial charge in [0.1, 0.15) is 6.61 Å². The highest BCUT2D eigenvalue weighted by Gasteiger charge is 2.16. The number of benzene rings is 1. The van der Waals surface area contributed by atoms with Gasteiger partial charge in [-0.05, 0) is 55.8 Å². The largest absolute Gasteiger partial charge is 0.476 e. The molecular weight excluding hydrogens is 414 g/mol. The zero-order valence-corrected chi connectivity index (χ0v) is 18.3. The van der Waals surface area contributed by atoms with Gasteiger partial charge in [0, 0.05) is 24.8 Å². The number of carbonyl (C=O) groups excluding carboxylic acids is 1. The minimum atomic E-state index is -0.122. The van der Waals surface area contributed by atoms with Crippen molar-refractivity contribution in [3.8, 4) is 17.1 Å². The molecular formula is C23H26ClN5O2. The van der Waals surface area contributed by atoms with Crippen molar-refractivity contribution < 1.29 is 9.53 Å². The van der Waals surface area contributed by atoms with Gasteiger partial charge in [-0.1, -0.05) is 23.7 Å². The van der Waals surface area contributed by atoms with Crippen LogP contribution in [-0.4, -0.2) is 51.8 Å². The Morgan fingerprint density at radius 3 is 2.68 bits per heavy atom. The first-order chi connectivity index (χ1) is 15.1. The summed E-state index contributed by atoms with van der Waals surface area (Å²) in [6, 6.07) is 11.0. The second kappa shape index (κ2) is 9.94. The maximum Gasteiger partial charge on any atom is 0.228 e. The van der Waals surface area contributed by atoms with E-state index in [0.29, 0.717) is 23.2 Å². The Morgan fingerprint density at radius 2 is 1.97 bits per heavy atom. The molecule has 3 heterocycles. The number of carbonyl (C=O) groups is 1. The molecule has 8 heteroatoms. The molecule has 0 aliphatic carbocycles. The molecule has 1 amide bonds. The number of nitrogens with zero attached hydrogens (tertiary/aromatic N) is 4. The summed E-state index contributed by atoms with van der Waals surface area (Å²) in [5.74, 6) is 0.418. The summed E-state index contributed by atoms with van der Waals surface area (Å²) < 4.78 is 7.79. The number of amides is 1. The number of likely N-dealkylation sites (tertiary alicyclic amines) is 1. The maximum absolute atomic E-state index is 12.5. The number of rotatable bonds is 8. The molecule has 4 rings (SSSR count). The maximum atomic E-state index is 12.5. The monoisotopic (exact) mass is 439 g/mol. The number of anilines is 1. The van der Waals surface area contributed by atoms with Crippen LogP contribution in [0.4, 0.5) is 5.69 Å². The van der Waals surface area contributed by atoms with Gasteiger partial charge in [0.15, 0.2) is 0 Å². The van der Waals surface area contributed by atoms with E-state index in [2.05, 4.69) is 20.3 Å². The van der Waals surface area contributed by atoms with Crippen molar-refractivity contribution in [2.24, 2.45) is 7.05 Å². The number of nitrogens with one attached hydrogen (secondary N) is 1. The van der Waals surface area contributed by atoms with Crippen LogP contribution < -0.4 is 10.1 Å². The zero-order chi connectivity index (χ0) is 21.6. The third kappa shape index (κ3) is 5.62. The molecule has 1 aromatic carbocycles. The van der Waals surface area contributed by atoms with Gasteiger partial charge in [-0.25, -0.2) is 4.98 Å². The lowest BCUT2D eigenvalue weighted by Gasteiger charge is -2.16. The van der Waals surface area contributed by atoms with E-state index in [1.165, 1.54) is 12.8 Å². The molecule has 1 saturated heterocycles. The summed E-state index contributed by atoms with van der Waals surface area (Å²) in [4.78, 5) is 19.4. The molecule has 0 spiro atoms. The lowest BCUT2D eigenvalue weighted by atomic mass is 10.1. The highest BCUT2D eigenvalue weighted by atomic mass is 35.5. The van der Waals surface area contributed by atoms with Gasteiger partial charge in [0.05, 0.1) is 29.6 Å². The molecule has 1 aliphatic rings. The number of halogens is 1. The first kappa shape index (κ1) is 21.3. The number of hydrogen-bond donors (Lipinski definition) is 1. The van der Waals surface area contributed by atoms with E-state index in [-0.39, 0.29) is 12.3 Å². The van der Waals surface area contributed by atoms with Crippen molar-refractivity contribution in [3.05, 3.63) is 59.4 Å². The van der Waals surface area contributed by atoms with Crippen LogP contribution >= 0.6 is 11.6 Å². The molecule has 7 nitrogen and oxygen atoms in total. The zero-order valence-electron chi connectivity index (χ0n) is 17.6. The molecule has 0 saturated carbocycles. The average molecular weight is 440 g/mol. The van der Waals surface area contributed by atoms with Crippen molar-refractivity contribution in [2.45, 2.75) is 19.3 Å². The quantitative estimate of drug-likeness (QED) is 0.578. The van der Waals surface area contributed by atoms with Crippen LogP contribution in [0.2, 0.25) is 5.02 Å². The summed E-state index contributed by atoms with van der Waals surface area (Å²) in [5.41, 5.74) is 3.17. The Hall–Kier alpha value is -2.90. The summed E-state index contributed by atoms with van der Waals surface area (Å²) in [6.45, 7) is 3.71. The first-order valence-electron chi connectivity index (χ1n) is 10.5. The van der Waals surface area contributed by atoms with E-state index >= 15 is 0 Å². The van der Waals surface area contributed by atoms with Crippen LogP contribution in [-0.2, 0) is 18.3 Å². The molecule has 0 radical (unpaired) electrons. The number of pyridine rings is 1. The molecule has 0 bridgehead atoms. The molecule has 1 N–H and O–H groups in total. The molecule has 2 aromatic heterocycles. The standard InChI is InChI=1S/C23H26ClN5O2/c1-28-21(8-9-26-28)20-15-19(27-22(30)14-17-4-6-18(24)7-5-17)16-25-23(20)31-13-12-29-10-2-3-11-29/h4-9,15-16H,2-3,10-14H2,1H3,(H,27,30). The van der Waals surface area contributed by atoms with E-state index in [1.54, 1.807) is 29.2 Å². The summed E-state index contributed by atoms with van der Waals surface area (Å²) in [5, 5.41) is 7.83. The van der Waals surface area contributed by atoms with Crippen LogP contribution in [0.3, 0.4) is 0 Å². The number of aryl methyl sites for hydroxylation is 1.